The van der Waals surface area contributed by atoms with Gasteiger partial charge in [0, 0.05) is 17.7 Å². The van der Waals surface area contributed by atoms with E-state index in [9.17, 15) is 24.2 Å². The molecule has 2 aromatic carbocycles. The van der Waals surface area contributed by atoms with Gasteiger partial charge in [-0.15, -0.1) is 0 Å². The summed E-state index contributed by atoms with van der Waals surface area (Å²) in [5.74, 6) is -3.84. The van der Waals surface area contributed by atoms with Gasteiger partial charge in [0.2, 0.25) is 0 Å². The van der Waals surface area contributed by atoms with Crippen LogP contribution >= 0.6 is 7.75 Å². The van der Waals surface area contributed by atoms with Gasteiger partial charge >= 0.3 is 25.7 Å². The molecule has 3 N–H and O–H groups in total. The number of anilines is 1. The van der Waals surface area contributed by atoms with Crippen LogP contribution in [0.4, 0.5) is 5.82 Å². The Balaban J connectivity index is 1.54. The minimum absolute atomic E-state index is 0.148. The number of carbonyl (C=O) groups excluding carboxylic acids is 3. The van der Waals surface area contributed by atoms with Gasteiger partial charge in [-0.3, -0.25) is 18.9 Å². The van der Waals surface area contributed by atoms with Crippen LogP contribution in [0.1, 0.15) is 72.1 Å². The van der Waals surface area contributed by atoms with Gasteiger partial charge in [0.25, 0.3) is 0 Å². The van der Waals surface area contributed by atoms with Crippen LogP contribution in [0.25, 0.3) is 16.3 Å². The van der Waals surface area contributed by atoms with Gasteiger partial charge in [-0.05, 0) is 49.8 Å². The van der Waals surface area contributed by atoms with E-state index in [1.807, 2.05) is 18.2 Å². The Bertz CT molecular complexity index is 2020. The normalized spacial score (nSPS) is 16.6. The molecule has 2 aromatic heterocycles. The number of nitrogen functional groups attached to an aromatic ring is 1. The van der Waals surface area contributed by atoms with Crippen molar-refractivity contribution in [2.75, 3.05) is 12.3 Å². The van der Waals surface area contributed by atoms with Crippen molar-refractivity contribution in [1.29, 1.82) is 5.26 Å². The van der Waals surface area contributed by atoms with Crippen molar-refractivity contribution in [1.82, 2.24) is 19.7 Å². The van der Waals surface area contributed by atoms with Gasteiger partial charge in [-0.2, -0.15) is 15.4 Å². The zero-order valence-corrected chi connectivity index (χ0v) is 31.2. The molecular weight excluding hydrogens is 703 g/mol. The number of hydrogen-bond acceptors (Lipinski definition) is 13. The van der Waals surface area contributed by atoms with Crippen LogP contribution in [0.5, 0.6) is 5.75 Å². The molecule has 1 aliphatic rings. The number of ether oxygens (including phenoxy) is 3. The highest BCUT2D eigenvalue weighted by atomic mass is 31.2. The lowest BCUT2D eigenvalue weighted by Gasteiger charge is -2.33. The summed E-state index contributed by atoms with van der Waals surface area (Å²) in [6.45, 7) is 7.51. The van der Waals surface area contributed by atoms with Crippen molar-refractivity contribution >= 4 is 47.8 Å². The Labute approximate surface area is 307 Å². The summed E-state index contributed by atoms with van der Waals surface area (Å²) in [6, 6.07) is 16.7. The fourth-order valence-electron chi connectivity index (χ4n) is 5.54. The van der Waals surface area contributed by atoms with Gasteiger partial charge in [-0.1, -0.05) is 64.1 Å². The molecule has 1 saturated carbocycles. The highest BCUT2D eigenvalue weighted by Crippen LogP contribution is 2.48. The maximum Gasteiger partial charge on any atom is 0.459 e. The Hall–Kier alpha value is -5.03. The molecule has 5 atom stereocenters. The van der Waals surface area contributed by atoms with E-state index < -0.39 is 68.3 Å². The first-order valence-electron chi connectivity index (χ1n) is 17.6. The molecule has 0 radical (unpaired) electrons. The van der Waals surface area contributed by atoms with Crippen LogP contribution < -0.4 is 15.3 Å². The van der Waals surface area contributed by atoms with E-state index in [4.69, 9.17) is 29.0 Å². The van der Waals surface area contributed by atoms with E-state index >= 15 is 0 Å². The molecule has 53 heavy (non-hydrogen) atoms. The number of nitrogens with one attached hydrogen (secondary N) is 1. The first kappa shape index (κ1) is 39.2. The second-order valence-electron chi connectivity index (χ2n) is 13.6. The summed E-state index contributed by atoms with van der Waals surface area (Å²) >= 11 is 0. The second-order valence-corrected chi connectivity index (χ2v) is 15.3. The minimum atomic E-state index is -4.49. The van der Waals surface area contributed by atoms with E-state index in [2.05, 4.69) is 21.2 Å². The Morgan fingerprint density at radius 1 is 0.981 bits per heavy atom. The number of nitrogens with two attached hydrogens (primary N) is 1. The molecule has 0 saturated heterocycles. The van der Waals surface area contributed by atoms with Gasteiger partial charge in [-0.25, -0.2) is 14.1 Å². The lowest BCUT2D eigenvalue weighted by atomic mass is 9.93. The van der Waals surface area contributed by atoms with Crippen molar-refractivity contribution in [2.45, 2.75) is 84.7 Å². The SMILES string of the molecule is CC(C)C(=O)O[C@H]([C@H](CC#N)COP(=O)(N[C@@H](C)C(=O)OC1CCC1)Oc1cccc2ccccc12)[C@@H](OC(=O)C(C)C)c1ccc2c(N)ncnn12. The predicted octanol–water partition coefficient (Wildman–Crippen LogP) is 6.08. The molecule has 2 heterocycles. The Kier molecular flexibility index (Phi) is 12.7. The van der Waals surface area contributed by atoms with Crippen LogP contribution in [0, 0.1) is 29.1 Å². The number of nitrogens with zero attached hydrogens (tertiary/aromatic N) is 4. The standard InChI is InChI=1S/C37H45N6O9P/c1-22(2)35(44)50-32(33(51-36(45)23(3)4)29-16-17-30-34(39)40-21-41-43(29)30)26(18-19-38)20-48-53(47,42-24(5)37(46)49-27-12-9-13-27)52-31-15-8-11-25-10-6-7-14-28(25)31/h6-8,10-11,14-17,21-24,26-27,32-33H,9,12-13,18,20H2,1-5H3,(H,42,47)(H2,39,40,41)/t24-,26+,32+,33-,53?/m0/s1. The maximum atomic E-state index is 14.8. The second kappa shape index (κ2) is 17.2. The lowest BCUT2D eigenvalue weighted by molar-refractivity contribution is -0.179. The summed E-state index contributed by atoms with van der Waals surface area (Å²) in [5.41, 5.74) is 6.77. The fraction of sp³-hybridized carbons (Fsp3) is 0.459. The third-order valence-corrected chi connectivity index (χ3v) is 10.5. The van der Waals surface area contributed by atoms with E-state index in [1.165, 1.54) is 17.8 Å². The molecule has 0 amide bonds. The molecule has 16 heteroatoms. The van der Waals surface area contributed by atoms with Crippen molar-refractivity contribution < 1.29 is 42.2 Å². The third-order valence-electron chi connectivity index (χ3n) is 8.82. The molecule has 0 spiro atoms. The largest absolute Gasteiger partial charge is 0.461 e. The van der Waals surface area contributed by atoms with E-state index in [0.29, 0.717) is 10.9 Å². The summed E-state index contributed by atoms with van der Waals surface area (Å²) in [6.07, 6.45) is 0.414. The number of carbonyl (C=O) groups is 3. The quantitative estimate of drug-likeness (QED) is 0.0713. The summed E-state index contributed by atoms with van der Waals surface area (Å²) < 4.78 is 46.0. The zero-order chi connectivity index (χ0) is 38.3. The van der Waals surface area contributed by atoms with Crippen molar-refractivity contribution in [3.63, 3.8) is 0 Å². The molecule has 0 aliphatic heterocycles. The molecule has 282 valence electrons. The monoisotopic (exact) mass is 748 g/mol. The van der Waals surface area contributed by atoms with Gasteiger partial charge in [0.15, 0.2) is 18.0 Å². The molecular formula is C37H45N6O9P. The zero-order valence-electron chi connectivity index (χ0n) is 30.3. The van der Waals surface area contributed by atoms with E-state index in [1.54, 1.807) is 64.1 Å². The molecule has 0 bridgehead atoms. The van der Waals surface area contributed by atoms with Gasteiger partial charge in [0.05, 0.1) is 30.2 Å². The average Bonchev–Trinajstić information content (AvgIpc) is 3.54. The first-order chi connectivity index (χ1) is 25.3. The number of esters is 3. The van der Waals surface area contributed by atoms with Crippen LogP contribution in [0.15, 0.2) is 60.9 Å². The lowest BCUT2D eigenvalue weighted by Crippen LogP contribution is -2.41. The topological polar surface area (TPSA) is 206 Å². The minimum Gasteiger partial charge on any atom is -0.461 e. The van der Waals surface area contributed by atoms with Gasteiger partial charge < -0.3 is 24.5 Å². The van der Waals surface area contributed by atoms with Gasteiger partial charge in [0.1, 0.15) is 29.7 Å². The molecule has 1 fully saturated rings. The maximum absolute atomic E-state index is 14.8. The van der Waals surface area contributed by atoms with Crippen LogP contribution in [-0.2, 0) is 37.7 Å². The Morgan fingerprint density at radius 2 is 1.68 bits per heavy atom. The number of rotatable bonds is 17. The smallest absolute Gasteiger partial charge is 0.459 e. The number of hydrogen-bond donors (Lipinski definition) is 2. The highest BCUT2D eigenvalue weighted by Gasteiger charge is 2.42. The average molecular weight is 749 g/mol. The Morgan fingerprint density at radius 3 is 2.36 bits per heavy atom. The van der Waals surface area contributed by atoms with Crippen LogP contribution in [0.3, 0.4) is 0 Å². The van der Waals surface area contributed by atoms with Crippen LogP contribution in [0.2, 0.25) is 0 Å². The summed E-state index contributed by atoms with van der Waals surface area (Å²) in [5, 5.41) is 18.5. The molecule has 1 unspecified atom stereocenters. The molecule has 1 aliphatic carbocycles. The van der Waals surface area contributed by atoms with E-state index in [0.717, 1.165) is 24.6 Å². The number of nitriles is 1. The number of fused-ring (bicyclic) bond motifs is 2. The molecule has 4 aromatic rings. The van der Waals surface area contributed by atoms with E-state index in [-0.39, 0.29) is 29.8 Å². The van der Waals surface area contributed by atoms with Crippen molar-refractivity contribution in [3.8, 4) is 11.8 Å². The molecule has 15 nitrogen and oxygen atoms in total. The molecule has 5 rings (SSSR count). The first-order valence-corrected chi connectivity index (χ1v) is 19.1. The van der Waals surface area contributed by atoms with Crippen molar-refractivity contribution in [3.05, 3.63) is 66.6 Å². The predicted molar refractivity (Wildman–Crippen MR) is 194 cm³/mol. The highest BCUT2D eigenvalue weighted by molar-refractivity contribution is 7.52. The summed E-state index contributed by atoms with van der Waals surface area (Å²) in [4.78, 5) is 43.6. The third kappa shape index (κ3) is 9.50. The number of aromatic nitrogens is 3. The number of benzene rings is 2. The van der Waals surface area contributed by atoms with Crippen LogP contribution in [-0.4, -0.2) is 57.4 Å². The summed E-state index contributed by atoms with van der Waals surface area (Å²) in [7, 11) is -4.49. The van der Waals surface area contributed by atoms with Crippen molar-refractivity contribution in [2.24, 2.45) is 17.8 Å². The fourth-order valence-corrected chi connectivity index (χ4v) is 7.11.